The van der Waals surface area contributed by atoms with Gasteiger partial charge in [0, 0.05) is 22.6 Å². The molecule has 0 aliphatic rings. The number of hydrogen-bond donors (Lipinski definition) is 1. The van der Waals surface area contributed by atoms with Crippen LogP contribution in [0.2, 0.25) is 0 Å². The van der Waals surface area contributed by atoms with Gasteiger partial charge in [-0.3, -0.25) is 14.9 Å². The average molecular weight is 469 g/mol. The third kappa shape index (κ3) is 5.75. The molecule has 172 valence electrons. The van der Waals surface area contributed by atoms with Crippen LogP contribution in [0.3, 0.4) is 0 Å². The molecule has 1 N–H and O–H groups in total. The van der Waals surface area contributed by atoms with Crippen LogP contribution in [0.5, 0.6) is 5.75 Å². The molecule has 1 amide bonds. The number of hydrogen-bond acceptors (Lipinski definition) is 7. The number of esters is 1. The van der Waals surface area contributed by atoms with E-state index in [-0.39, 0.29) is 24.5 Å². The maximum Gasteiger partial charge on any atom is 0.341 e. The molecule has 8 nitrogen and oxygen atoms in total. The van der Waals surface area contributed by atoms with E-state index in [9.17, 15) is 19.7 Å². The quantitative estimate of drug-likeness (QED) is 0.256. The minimum absolute atomic E-state index is 0.0536. The van der Waals surface area contributed by atoms with Gasteiger partial charge in [0.2, 0.25) is 0 Å². The number of amides is 1. The van der Waals surface area contributed by atoms with Gasteiger partial charge in [-0.05, 0) is 55.7 Å². The van der Waals surface area contributed by atoms with Gasteiger partial charge < -0.3 is 14.8 Å². The highest BCUT2D eigenvalue weighted by molar-refractivity contribution is 7.17. The van der Waals surface area contributed by atoms with E-state index in [2.05, 4.69) is 5.32 Å². The highest BCUT2D eigenvalue weighted by Gasteiger charge is 2.26. The molecule has 0 saturated carbocycles. The molecule has 0 fully saturated rings. The Labute approximate surface area is 195 Å². The van der Waals surface area contributed by atoms with E-state index in [1.807, 2.05) is 32.0 Å². The molecule has 0 atom stereocenters. The molecule has 1 heterocycles. The molecular formula is C24H24N2O6S. The number of carbonyl (C=O) groups is 2. The molecule has 33 heavy (non-hydrogen) atoms. The number of carbonyl (C=O) groups excluding carboxylic acids is 2. The minimum atomic E-state index is -0.581. The van der Waals surface area contributed by atoms with Gasteiger partial charge in [-0.25, -0.2) is 4.79 Å². The first-order valence-electron chi connectivity index (χ1n) is 10.4. The van der Waals surface area contributed by atoms with Gasteiger partial charge in [-0.2, -0.15) is 0 Å². The van der Waals surface area contributed by atoms with Crippen molar-refractivity contribution in [3.8, 4) is 16.9 Å². The van der Waals surface area contributed by atoms with Crippen molar-refractivity contribution in [3.05, 3.63) is 74.6 Å². The van der Waals surface area contributed by atoms with Gasteiger partial charge in [0.25, 0.3) is 11.6 Å². The van der Waals surface area contributed by atoms with Gasteiger partial charge >= 0.3 is 5.97 Å². The smallest absolute Gasteiger partial charge is 0.341 e. The van der Waals surface area contributed by atoms with Crippen LogP contribution in [0, 0.1) is 17.0 Å². The minimum Gasteiger partial charge on any atom is -0.484 e. The second kappa shape index (κ2) is 10.7. The summed E-state index contributed by atoms with van der Waals surface area (Å²) in [6.45, 7) is 5.48. The summed E-state index contributed by atoms with van der Waals surface area (Å²) in [5, 5.41) is 14.1. The maximum absolute atomic E-state index is 12.8. The summed E-state index contributed by atoms with van der Waals surface area (Å²) < 4.78 is 10.8. The summed E-state index contributed by atoms with van der Waals surface area (Å²) >= 11 is 1.23. The average Bonchev–Trinajstić information content (AvgIpc) is 3.13. The van der Waals surface area contributed by atoms with Crippen LogP contribution in [-0.2, 0) is 16.0 Å². The molecule has 0 unspecified atom stereocenters. The number of aryl methyl sites for hydroxylation is 2. The van der Waals surface area contributed by atoms with Crippen LogP contribution >= 0.6 is 11.3 Å². The summed E-state index contributed by atoms with van der Waals surface area (Å²) in [7, 11) is 0. The Balaban J connectivity index is 1.86. The molecule has 0 bridgehead atoms. The summed E-state index contributed by atoms with van der Waals surface area (Å²) in [6, 6.07) is 13.4. The van der Waals surface area contributed by atoms with Crippen molar-refractivity contribution in [2.24, 2.45) is 0 Å². The molecule has 0 radical (unpaired) electrons. The van der Waals surface area contributed by atoms with E-state index in [0.717, 1.165) is 16.9 Å². The van der Waals surface area contributed by atoms with Crippen molar-refractivity contribution in [3.63, 3.8) is 0 Å². The Hall–Kier alpha value is -3.72. The van der Waals surface area contributed by atoms with Crippen LogP contribution in [0.4, 0.5) is 10.7 Å². The normalized spacial score (nSPS) is 10.5. The highest BCUT2D eigenvalue weighted by Crippen LogP contribution is 2.40. The topological polar surface area (TPSA) is 108 Å². The molecule has 0 saturated heterocycles. The number of benzene rings is 2. The fourth-order valence-electron chi connectivity index (χ4n) is 3.29. The van der Waals surface area contributed by atoms with Crippen molar-refractivity contribution in [2.75, 3.05) is 18.5 Å². The van der Waals surface area contributed by atoms with E-state index < -0.39 is 16.8 Å². The van der Waals surface area contributed by atoms with E-state index in [4.69, 9.17) is 9.47 Å². The van der Waals surface area contributed by atoms with Crippen LogP contribution < -0.4 is 10.1 Å². The lowest BCUT2D eigenvalue weighted by Crippen LogP contribution is -2.21. The molecule has 0 aliphatic carbocycles. The third-order valence-electron chi connectivity index (χ3n) is 4.86. The first-order valence-corrected chi connectivity index (χ1v) is 11.2. The first kappa shape index (κ1) is 23.9. The lowest BCUT2D eigenvalue weighted by atomic mass is 10.0. The van der Waals surface area contributed by atoms with Crippen molar-refractivity contribution in [2.45, 2.75) is 27.2 Å². The van der Waals surface area contributed by atoms with Crippen LogP contribution in [-0.4, -0.2) is 30.0 Å². The lowest BCUT2D eigenvalue weighted by molar-refractivity contribution is -0.384. The van der Waals surface area contributed by atoms with E-state index in [1.165, 1.54) is 23.5 Å². The van der Waals surface area contributed by atoms with Gasteiger partial charge in [0.15, 0.2) is 6.61 Å². The third-order valence-corrected chi connectivity index (χ3v) is 5.88. The number of thiophene rings is 1. The molecule has 3 rings (SSSR count). The zero-order valence-corrected chi connectivity index (χ0v) is 19.4. The van der Waals surface area contributed by atoms with Crippen LogP contribution in [0.25, 0.3) is 11.1 Å². The standard InChI is InChI=1S/C24H24N2O6S/c1-4-16-7-6-8-19(13-16)32-14-20(27)25-23-22(24(28)31-5-2)21(15(3)33-23)17-9-11-18(12-10-17)26(29)30/h6-13H,4-5,14H2,1-3H3,(H,25,27). The second-order valence-corrected chi connectivity index (χ2v) is 8.32. The molecule has 0 spiro atoms. The summed E-state index contributed by atoms with van der Waals surface area (Å²) in [4.78, 5) is 36.6. The molecule has 1 aromatic heterocycles. The SMILES string of the molecule is CCOC(=O)c1c(NC(=O)COc2cccc(CC)c2)sc(C)c1-c1ccc([N+](=O)[O-])cc1. The number of non-ortho nitro benzene ring substituents is 1. The number of anilines is 1. The van der Waals surface area contributed by atoms with E-state index >= 15 is 0 Å². The Morgan fingerprint density at radius 3 is 2.48 bits per heavy atom. The molecular weight excluding hydrogens is 444 g/mol. The summed E-state index contributed by atoms with van der Waals surface area (Å²) in [6.07, 6.45) is 0.853. The Morgan fingerprint density at radius 2 is 1.85 bits per heavy atom. The number of nitrogens with zero attached hydrogens (tertiary/aromatic N) is 1. The van der Waals surface area contributed by atoms with Crippen molar-refractivity contribution in [1.82, 2.24) is 0 Å². The van der Waals surface area contributed by atoms with Crippen molar-refractivity contribution in [1.29, 1.82) is 0 Å². The van der Waals surface area contributed by atoms with Crippen LogP contribution in [0.1, 0.15) is 34.6 Å². The van der Waals surface area contributed by atoms with Gasteiger partial charge in [0.1, 0.15) is 16.3 Å². The zero-order valence-electron chi connectivity index (χ0n) is 18.5. The number of rotatable bonds is 9. The lowest BCUT2D eigenvalue weighted by Gasteiger charge is -2.10. The fourth-order valence-corrected chi connectivity index (χ4v) is 4.38. The monoisotopic (exact) mass is 468 g/mol. The zero-order chi connectivity index (χ0) is 24.0. The van der Waals surface area contributed by atoms with E-state index in [0.29, 0.717) is 21.9 Å². The predicted octanol–water partition coefficient (Wildman–Crippen LogP) is 5.39. The summed E-state index contributed by atoms with van der Waals surface area (Å²) in [5.41, 5.74) is 2.45. The van der Waals surface area contributed by atoms with E-state index in [1.54, 1.807) is 25.1 Å². The molecule has 3 aromatic rings. The van der Waals surface area contributed by atoms with Crippen LogP contribution in [0.15, 0.2) is 48.5 Å². The number of nitro groups is 1. The second-order valence-electron chi connectivity index (χ2n) is 7.10. The number of ether oxygens (including phenoxy) is 2. The Bertz CT molecular complexity index is 1170. The summed E-state index contributed by atoms with van der Waals surface area (Å²) in [5.74, 6) is -0.412. The Kier molecular flexibility index (Phi) is 7.78. The first-order chi connectivity index (χ1) is 15.8. The van der Waals surface area contributed by atoms with Gasteiger partial charge in [-0.1, -0.05) is 19.1 Å². The molecule has 2 aromatic carbocycles. The van der Waals surface area contributed by atoms with Crippen molar-refractivity contribution < 1.29 is 24.0 Å². The maximum atomic E-state index is 12.8. The largest absolute Gasteiger partial charge is 0.484 e. The highest BCUT2D eigenvalue weighted by atomic mass is 32.1. The molecule has 0 aliphatic heterocycles. The predicted molar refractivity (Wildman–Crippen MR) is 127 cm³/mol. The Morgan fingerprint density at radius 1 is 1.12 bits per heavy atom. The van der Waals surface area contributed by atoms with Crippen molar-refractivity contribution >= 4 is 33.9 Å². The number of nitro benzene ring substituents is 1. The number of nitrogens with one attached hydrogen (secondary N) is 1. The fraction of sp³-hybridized carbons (Fsp3) is 0.250. The molecule has 9 heteroatoms. The van der Waals surface area contributed by atoms with Gasteiger partial charge in [0.05, 0.1) is 11.5 Å². The van der Waals surface area contributed by atoms with Gasteiger partial charge in [-0.15, -0.1) is 11.3 Å².